The Balaban J connectivity index is 0.670. The Morgan fingerprint density at radius 3 is 1.36 bits per heavy atom. The summed E-state index contributed by atoms with van der Waals surface area (Å²) < 4.78 is 88.4. The number of nitrogens with zero attached hydrogens (tertiary/aromatic N) is 3. The van der Waals surface area contributed by atoms with Crippen LogP contribution in [0.25, 0.3) is 0 Å². The largest absolute Gasteiger partial charge is 0.593 e. The SMILES string of the molecule is CN1Cc2c(Cl)cc(Cl)cc2[C@H](c2cccc(SNCCOCCOCCNC(=O)NCCCC(CCCNC(=O)NCCOCCOCCNS(=O)(=O)c3cccc([C@@H]4CN(C)Cc5c(Cl)cc(Cl)cc54)c3)(CCNC(=O)NCCOCCOCCN[S+]([O-])c3cccc([C@@H]4CN(C)Cc5c(Cl)cc(Cl)cc54)c3)NC(=O)COCC(=O)O)c2)C1. The number of halogens is 6. The first-order valence-electron chi connectivity index (χ1n) is 39.8. The molecule has 0 aromatic heterocycles. The summed E-state index contributed by atoms with van der Waals surface area (Å²) in [5, 5.41) is 32.6. The Hall–Kier alpha value is -6.10. The van der Waals surface area contributed by atoms with E-state index in [0.29, 0.717) is 100 Å². The van der Waals surface area contributed by atoms with E-state index in [1.807, 2.05) is 62.6 Å². The predicted molar refractivity (Wildman–Crippen MR) is 468 cm³/mol. The summed E-state index contributed by atoms with van der Waals surface area (Å²) in [7, 11) is 2.23. The van der Waals surface area contributed by atoms with Crippen LogP contribution in [0, 0.1) is 0 Å². The number of fused-ring (bicyclic) bond motifs is 3. The molecular weight excluding hydrogens is 1730 g/mol. The zero-order chi connectivity index (χ0) is 85.8. The molecule has 658 valence electrons. The van der Waals surface area contributed by atoms with E-state index in [-0.39, 0.29) is 147 Å². The van der Waals surface area contributed by atoms with Crippen LogP contribution < -0.4 is 51.4 Å². The molecule has 0 fully saturated rings. The van der Waals surface area contributed by atoms with Gasteiger partial charge in [0.05, 0.1) is 102 Å². The highest BCUT2D eigenvalue weighted by atomic mass is 35.5. The number of aliphatic carboxylic acids is 1. The average molecular weight is 1840 g/mol. The van der Waals surface area contributed by atoms with E-state index in [4.69, 9.17) is 103 Å². The Kier molecular flexibility index (Phi) is 41.8. The summed E-state index contributed by atoms with van der Waals surface area (Å²) in [4.78, 5) is 72.5. The minimum Gasteiger partial charge on any atom is -0.593 e. The molecular formula is C82H109Cl6N13O16S3. The second kappa shape index (κ2) is 51.4. The van der Waals surface area contributed by atoms with Crippen LogP contribution in [0.2, 0.25) is 30.1 Å². The summed E-state index contributed by atoms with van der Waals surface area (Å²) in [5.74, 6) is -1.91. The molecule has 0 aliphatic carbocycles. The van der Waals surface area contributed by atoms with Crippen LogP contribution in [0.1, 0.15) is 99.9 Å². The number of rotatable bonds is 52. The van der Waals surface area contributed by atoms with Crippen LogP contribution in [0.4, 0.5) is 14.4 Å². The number of benzene rings is 6. The maximum absolute atomic E-state index is 13.6. The number of sulfonamides is 1. The number of nitrogens with one attached hydrogen (secondary N) is 10. The van der Waals surface area contributed by atoms with E-state index in [9.17, 15) is 42.0 Å². The lowest BCUT2D eigenvalue weighted by atomic mass is 9.84. The van der Waals surface area contributed by atoms with Gasteiger partial charge in [-0.15, -0.1) is 4.72 Å². The number of carbonyl (C=O) groups is 5. The standard InChI is InChI=1S/C82H109Cl6N13O16S3/c1-99-48-68(65-42-59(83)45-74(86)71(65)51-99)56-9-4-12-62(39-56)118-95-24-30-114-36-33-111-27-21-92-79(105)89-18-7-15-82(98-77(102)54-117-55-78(103)104,17-20-91-81(107)94-23-29-112-34-37-115-31-25-96-119(108)63-13-5-10-57(40-63)69-49-100(2)52-72-66(69)43-60(84)46-75(72)87)16-8-19-90-80(106)93-22-28-113-35-38-116-32-26-97-120(109,110)64-14-6-11-58(41-64)70-50-101(3)53-73-67(70)44-61(85)47-76(73)88/h4-6,9-14,39-47,68-70,95-97H,7-8,15-38,48-55H2,1-3H3,(H,98,102)(H,103,104)(H2,89,92,105)(H2,90,93,106)(H2,91,94,107)/t68-,69-,70-,82?,119?/m0/s1. The van der Waals surface area contributed by atoms with Gasteiger partial charge in [-0.1, -0.05) is 106 Å². The minimum absolute atomic E-state index is 0.00640. The number of carbonyl (C=O) groups excluding carboxylic acids is 4. The van der Waals surface area contributed by atoms with Crippen molar-refractivity contribution in [1.82, 2.24) is 66.1 Å². The third kappa shape index (κ3) is 32.8. The molecule has 6 aromatic carbocycles. The second-order valence-electron chi connectivity index (χ2n) is 29.3. The molecule has 0 saturated carbocycles. The van der Waals surface area contributed by atoms with E-state index < -0.39 is 70.1 Å². The smallest absolute Gasteiger partial charge is 0.329 e. The number of urea groups is 3. The van der Waals surface area contributed by atoms with Gasteiger partial charge in [-0.25, -0.2) is 32.3 Å². The first-order chi connectivity index (χ1) is 57.8. The van der Waals surface area contributed by atoms with Crippen LogP contribution in [-0.2, 0) is 83.8 Å². The molecule has 0 radical (unpaired) electrons. The van der Waals surface area contributed by atoms with Crippen molar-refractivity contribution < 1.29 is 75.2 Å². The highest BCUT2D eigenvalue weighted by Crippen LogP contribution is 2.43. The summed E-state index contributed by atoms with van der Waals surface area (Å²) in [6.07, 6.45) is 1.36. The molecule has 5 atom stereocenters. The molecule has 7 amide bonds. The van der Waals surface area contributed by atoms with Crippen molar-refractivity contribution in [3.63, 3.8) is 0 Å². The van der Waals surface area contributed by atoms with Gasteiger partial charge in [0.1, 0.15) is 13.2 Å². The van der Waals surface area contributed by atoms with E-state index in [1.54, 1.807) is 36.4 Å². The number of likely N-dealkylation sites (N-methyl/N-ethyl adjacent to an activating group) is 3. The molecule has 3 heterocycles. The van der Waals surface area contributed by atoms with Crippen molar-refractivity contribution in [2.75, 3.05) is 192 Å². The van der Waals surface area contributed by atoms with E-state index in [1.165, 1.54) is 17.5 Å². The molecule has 9 rings (SSSR count). The lowest BCUT2D eigenvalue weighted by Crippen LogP contribution is -2.53. The second-order valence-corrected chi connectivity index (χ2v) is 35.8. The Morgan fingerprint density at radius 2 is 0.883 bits per heavy atom. The van der Waals surface area contributed by atoms with Gasteiger partial charge in [0.25, 0.3) is 0 Å². The van der Waals surface area contributed by atoms with Gasteiger partial charge in [-0.3, -0.25) is 9.52 Å². The number of hydrogen-bond donors (Lipinski definition) is 11. The molecule has 0 saturated heterocycles. The fourth-order valence-corrected chi connectivity index (χ4v) is 18.8. The molecule has 38 heteroatoms. The maximum atomic E-state index is 13.6. The Labute approximate surface area is 740 Å². The molecule has 0 bridgehead atoms. The van der Waals surface area contributed by atoms with Gasteiger partial charge in [0, 0.05) is 150 Å². The molecule has 29 nitrogen and oxygen atoms in total. The number of hydrogen-bond acceptors (Lipinski definition) is 21. The van der Waals surface area contributed by atoms with Crippen molar-refractivity contribution in [3.05, 3.63) is 189 Å². The summed E-state index contributed by atoms with van der Waals surface area (Å²) in [5.41, 5.74) is 8.19. The quantitative estimate of drug-likeness (QED) is 0.00960. The lowest BCUT2D eigenvalue weighted by Gasteiger charge is -2.36. The zero-order valence-electron chi connectivity index (χ0n) is 67.6. The van der Waals surface area contributed by atoms with E-state index >= 15 is 0 Å². The van der Waals surface area contributed by atoms with Crippen LogP contribution in [0.3, 0.4) is 0 Å². The van der Waals surface area contributed by atoms with Crippen molar-refractivity contribution in [2.45, 2.75) is 89.7 Å². The van der Waals surface area contributed by atoms with Crippen LogP contribution >= 0.6 is 81.6 Å². The van der Waals surface area contributed by atoms with Gasteiger partial charge in [0.2, 0.25) is 15.9 Å². The fraction of sp³-hybridized carbons (Fsp3) is 0.500. The van der Waals surface area contributed by atoms with Gasteiger partial charge < -0.3 is 94.7 Å². The molecule has 3 aliphatic rings. The normalized spacial score (nSPS) is 16.3. The monoisotopic (exact) mass is 1840 g/mol. The first kappa shape index (κ1) is 97.7. The van der Waals surface area contributed by atoms with Gasteiger partial charge >= 0.3 is 24.1 Å². The zero-order valence-corrected chi connectivity index (χ0v) is 74.6. The number of carboxylic acids is 1. The Bertz CT molecular complexity index is 4430. The summed E-state index contributed by atoms with van der Waals surface area (Å²) in [6, 6.07) is 32.6. The van der Waals surface area contributed by atoms with Crippen LogP contribution in [0.15, 0.2) is 124 Å². The molecule has 6 aromatic rings. The maximum Gasteiger partial charge on any atom is 0.329 e. The predicted octanol–water partition coefficient (Wildman–Crippen LogP) is 10.1. The molecule has 11 N–H and O–H groups in total. The Morgan fingerprint density at radius 1 is 0.475 bits per heavy atom. The van der Waals surface area contributed by atoms with Gasteiger partial charge in [-0.2, -0.15) is 0 Å². The van der Waals surface area contributed by atoms with Crippen molar-refractivity contribution in [2.24, 2.45) is 0 Å². The molecule has 2 unspecified atom stereocenters. The number of carboxylic acid groups (broad SMARTS) is 1. The molecule has 3 aliphatic heterocycles. The number of ether oxygens (including phenoxy) is 7. The van der Waals surface area contributed by atoms with Gasteiger partial charge in [0.15, 0.2) is 4.90 Å². The van der Waals surface area contributed by atoms with E-state index in [2.05, 4.69) is 97.4 Å². The van der Waals surface area contributed by atoms with E-state index in [0.717, 1.165) is 69.0 Å². The third-order valence-electron chi connectivity index (χ3n) is 20.0. The third-order valence-corrected chi connectivity index (χ3v) is 25.2. The molecule has 0 spiro atoms. The van der Waals surface area contributed by atoms with Crippen molar-refractivity contribution >= 4 is 133 Å². The summed E-state index contributed by atoms with van der Waals surface area (Å²) in [6.45, 7) is 7.63. The minimum atomic E-state index is -3.88. The fourth-order valence-electron chi connectivity index (χ4n) is 14.5. The average Bonchev–Trinajstić information content (AvgIpc) is 0.722. The highest BCUT2D eigenvalue weighted by molar-refractivity contribution is 7.97. The number of amides is 7. The van der Waals surface area contributed by atoms with Crippen molar-refractivity contribution in [3.8, 4) is 0 Å². The highest BCUT2D eigenvalue weighted by Gasteiger charge is 2.34. The topological polar surface area (TPSA) is 357 Å². The van der Waals surface area contributed by atoms with Crippen molar-refractivity contribution in [1.29, 1.82) is 0 Å². The lowest BCUT2D eigenvalue weighted by molar-refractivity contribution is -0.144. The van der Waals surface area contributed by atoms with Crippen LogP contribution in [-0.4, -0.2) is 260 Å². The summed E-state index contributed by atoms with van der Waals surface area (Å²) >= 11 is 39.1. The molecule has 120 heavy (non-hydrogen) atoms. The first-order valence-corrected chi connectivity index (χ1v) is 45.5. The van der Waals surface area contributed by atoms with Crippen LogP contribution in [0.5, 0.6) is 0 Å². The van der Waals surface area contributed by atoms with Gasteiger partial charge in [-0.05, 0) is 188 Å².